The van der Waals surface area contributed by atoms with Crippen molar-refractivity contribution in [3.8, 4) is 23.3 Å². The molecule has 1 heterocycles. The maximum absolute atomic E-state index is 12.2. The van der Waals surface area contributed by atoms with Crippen LogP contribution in [0, 0.1) is 11.3 Å². The molecule has 7 nitrogen and oxygen atoms in total. The normalized spacial score (nSPS) is 15.8. The highest BCUT2D eigenvalue weighted by Crippen LogP contribution is 2.31. The van der Waals surface area contributed by atoms with Crippen molar-refractivity contribution in [2.45, 2.75) is 42.9 Å². The minimum absolute atomic E-state index is 0.122. The van der Waals surface area contributed by atoms with Gasteiger partial charge in [-0.3, -0.25) is 4.79 Å². The number of methoxy groups -OCH3 is 1. The Bertz CT molecular complexity index is 809. The van der Waals surface area contributed by atoms with Crippen LogP contribution < -0.4 is 10.1 Å². The summed E-state index contributed by atoms with van der Waals surface area (Å²) in [7, 11) is 1.57. The van der Waals surface area contributed by atoms with Crippen molar-refractivity contribution in [2.24, 2.45) is 0 Å². The van der Waals surface area contributed by atoms with Crippen molar-refractivity contribution in [2.75, 3.05) is 12.9 Å². The van der Waals surface area contributed by atoms with Gasteiger partial charge < -0.3 is 14.5 Å². The highest BCUT2D eigenvalue weighted by molar-refractivity contribution is 7.99. The van der Waals surface area contributed by atoms with Crippen LogP contribution in [0.1, 0.15) is 32.1 Å². The summed E-state index contributed by atoms with van der Waals surface area (Å²) in [6.07, 6.45) is 4.46. The Morgan fingerprint density at radius 3 is 2.85 bits per heavy atom. The van der Waals surface area contributed by atoms with Crippen LogP contribution in [0.25, 0.3) is 11.5 Å². The van der Waals surface area contributed by atoms with Gasteiger partial charge in [-0.2, -0.15) is 5.26 Å². The quantitative estimate of drug-likeness (QED) is 0.777. The van der Waals surface area contributed by atoms with E-state index in [1.165, 1.54) is 0 Å². The number of carbonyl (C=O) groups excluding carboxylic acids is 1. The lowest BCUT2D eigenvalue weighted by Crippen LogP contribution is -2.49. The highest BCUT2D eigenvalue weighted by atomic mass is 32.2. The second kappa shape index (κ2) is 8.23. The Morgan fingerprint density at radius 1 is 1.35 bits per heavy atom. The third kappa shape index (κ3) is 4.17. The molecular formula is C18H20N4O3S. The molecule has 2 aromatic rings. The molecule has 0 bridgehead atoms. The molecule has 0 radical (unpaired) electrons. The molecule has 0 saturated heterocycles. The number of aromatic nitrogens is 2. The van der Waals surface area contributed by atoms with Crippen LogP contribution >= 0.6 is 11.8 Å². The van der Waals surface area contributed by atoms with Crippen LogP contribution in [-0.2, 0) is 4.79 Å². The molecule has 136 valence electrons. The number of nitrogens with zero attached hydrogens (tertiary/aromatic N) is 3. The highest BCUT2D eigenvalue weighted by Gasteiger charge is 2.33. The zero-order chi connectivity index (χ0) is 18.4. The first kappa shape index (κ1) is 18.3. The topological polar surface area (TPSA) is 101 Å². The van der Waals surface area contributed by atoms with Gasteiger partial charge in [0.15, 0.2) is 0 Å². The molecular weight excluding hydrogens is 352 g/mol. The maximum Gasteiger partial charge on any atom is 0.277 e. The number of benzene rings is 1. The number of carbonyl (C=O) groups is 1. The number of nitriles is 1. The Balaban J connectivity index is 1.60. The fourth-order valence-corrected chi connectivity index (χ4v) is 3.61. The van der Waals surface area contributed by atoms with E-state index >= 15 is 0 Å². The Morgan fingerprint density at radius 2 is 2.12 bits per heavy atom. The van der Waals surface area contributed by atoms with Crippen LogP contribution in [-0.4, -0.2) is 34.5 Å². The number of hydrogen-bond donors (Lipinski definition) is 1. The lowest BCUT2D eigenvalue weighted by atomic mass is 9.83. The average molecular weight is 372 g/mol. The lowest BCUT2D eigenvalue weighted by molar-refractivity contribution is -0.120. The van der Waals surface area contributed by atoms with E-state index in [9.17, 15) is 10.1 Å². The van der Waals surface area contributed by atoms with E-state index in [0.29, 0.717) is 35.3 Å². The zero-order valence-corrected chi connectivity index (χ0v) is 15.3. The summed E-state index contributed by atoms with van der Waals surface area (Å²) >= 11 is 1.15. The van der Waals surface area contributed by atoms with E-state index in [1.807, 2.05) is 24.3 Å². The first-order chi connectivity index (χ1) is 12.7. The molecule has 26 heavy (non-hydrogen) atoms. The van der Waals surface area contributed by atoms with Gasteiger partial charge in [-0.25, -0.2) is 0 Å². The molecule has 8 heteroatoms. The zero-order valence-electron chi connectivity index (χ0n) is 14.5. The molecule has 1 aliphatic carbocycles. The summed E-state index contributed by atoms with van der Waals surface area (Å²) in [5.41, 5.74) is -0.0303. The first-order valence-corrected chi connectivity index (χ1v) is 9.46. The summed E-state index contributed by atoms with van der Waals surface area (Å²) in [6, 6.07) is 9.63. The van der Waals surface area contributed by atoms with Gasteiger partial charge in [0.05, 0.1) is 24.5 Å². The molecule has 0 aliphatic heterocycles. The van der Waals surface area contributed by atoms with Crippen LogP contribution in [0.5, 0.6) is 5.75 Å². The molecule has 1 fully saturated rings. The van der Waals surface area contributed by atoms with Crippen molar-refractivity contribution < 1.29 is 13.9 Å². The Kier molecular flexibility index (Phi) is 5.78. The second-order valence-electron chi connectivity index (χ2n) is 6.16. The van der Waals surface area contributed by atoms with Crippen LogP contribution in [0.15, 0.2) is 33.9 Å². The van der Waals surface area contributed by atoms with E-state index in [1.54, 1.807) is 7.11 Å². The van der Waals surface area contributed by atoms with Gasteiger partial charge in [0.25, 0.3) is 11.1 Å². The summed E-state index contributed by atoms with van der Waals surface area (Å²) in [4.78, 5) is 12.2. The van der Waals surface area contributed by atoms with Gasteiger partial charge >= 0.3 is 0 Å². The molecule has 3 rings (SSSR count). The number of ether oxygens (including phenoxy) is 1. The molecule has 0 spiro atoms. The van der Waals surface area contributed by atoms with Crippen LogP contribution in [0.3, 0.4) is 0 Å². The van der Waals surface area contributed by atoms with E-state index < -0.39 is 5.54 Å². The third-order valence-electron chi connectivity index (χ3n) is 4.37. The second-order valence-corrected chi connectivity index (χ2v) is 7.09. The summed E-state index contributed by atoms with van der Waals surface area (Å²) < 4.78 is 10.9. The first-order valence-electron chi connectivity index (χ1n) is 8.48. The molecule has 1 aromatic heterocycles. The van der Waals surface area contributed by atoms with Gasteiger partial charge in [-0.1, -0.05) is 43.2 Å². The van der Waals surface area contributed by atoms with E-state index in [-0.39, 0.29) is 11.7 Å². The van der Waals surface area contributed by atoms with E-state index in [4.69, 9.17) is 9.15 Å². The van der Waals surface area contributed by atoms with E-state index in [0.717, 1.165) is 31.0 Å². The van der Waals surface area contributed by atoms with Crippen molar-refractivity contribution in [1.82, 2.24) is 15.5 Å². The van der Waals surface area contributed by atoms with Crippen molar-refractivity contribution in [3.63, 3.8) is 0 Å². The number of amides is 1. The average Bonchev–Trinajstić information content (AvgIpc) is 3.16. The molecule has 0 atom stereocenters. The largest absolute Gasteiger partial charge is 0.496 e. The standard InChI is InChI=1S/C18H20N4O3S/c1-24-14-8-4-3-7-13(14)16-21-22-17(25-16)26-11-15(23)20-18(12-19)9-5-2-6-10-18/h3-4,7-8H,2,5-6,9-11H2,1H3,(H,20,23). The molecule has 1 aromatic carbocycles. The van der Waals surface area contributed by atoms with Crippen LogP contribution in [0.2, 0.25) is 0 Å². The summed E-state index contributed by atoms with van der Waals surface area (Å²) in [5.74, 6) is 0.900. The molecule has 1 N–H and O–H groups in total. The van der Waals surface area contributed by atoms with Crippen LogP contribution in [0.4, 0.5) is 0 Å². The van der Waals surface area contributed by atoms with E-state index in [2.05, 4.69) is 21.6 Å². The fourth-order valence-electron chi connectivity index (χ4n) is 3.05. The molecule has 1 amide bonds. The van der Waals surface area contributed by atoms with Crippen molar-refractivity contribution >= 4 is 17.7 Å². The number of hydrogen-bond acceptors (Lipinski definition) is 7. The minimum atomic E-state index is -0.729. The predicted octanol–water partition coefficient (Wildman–Crippen LogP) is 3.18. The number of rotatable bonds is 6. The van der Waals surface area contributed by atoms with Gasteiger partial charge in [0.2, 0.25) is 5.91 Å². The monoisotopic (exact) mass is 372 g/mol. The predicted molar refractivity (Wildman–Crippen MR) is 96.6 cm³/mol. The molecule has 0 unspecified atom stereocenters. The van der Waals surface area contributed by atoms with Crippen molar-refractivity contribution in [1.29, 1.82) is 5.26 Å². The number of para-hydroxylation sites is 1. The third-order valence-corrected chi connectivity index (χ3v) is 5.19. The summed E-state index contributed by atoms with van der Waals surface area (Å²) in [5, 5.41) is 20.6. The SMILES string of the molecule is COc1ccccc1-c1nnc(SCC(=O)NC2(C#N)CCCCC2)o1. The minimum Gasteiger partial charge on any atom is -0.496 e. The molecule has 1 saturated carbocycles. The van der Waals surface area contributed by atoms with Gasteiger partial charge in [0, 0.05) is 0 Å². The summed E-state index contributed by atoms with van der Waals surface area (Å²) in [6.45, 7) is 0. The fraction of sp³-hybridized carbons (Fsp3) is 0.444. The molecule has 1 aliphatic rings. The van der Waals surface area contributed by atoms with Crippen molar-refractivity contribution in [3.05, 3.63) is 24.3 Å². The number of nitrogens with one attached hydrogen (secondary N) is 1. The smallest absolute Gasteiger partial charge is 0.277 e. The Labute approximate surface area is 156 Å². The Hall–Kier alpha value is -2.53. The lowest BCUT2D eigenvalue weighted by Gasteiger charge is -2.31. The van der Waals surface area contributed by atoms with Gasteiger partial charge in [-0.15, -0.1) is 10.2 Å². The number of thioether (sulfide) groups is 1. The van der Waals surface area contributed by atoms with Gasteiger partial charge in [-0.05, 0) is 25.0 Å². The maximum atomic E-state index is 12.2. The van der Waals surface area contributed by atoms with Gasteiger partial charge in [0.1, 0.15) is 11.3 Å².